The summed E-state index contributed by atoms with van der Waals surface area (Å²) in [6.45, 7) is 0.296. The number of nitrogens with zero attached hydrogens (tertiary/aromatic N) is 4. The van der Waals surface area contributed by atoms with Crippen LogP contribution >= 0.6 is 0 Å². The van der Waals surface area contributed by atoms with Crippen LogP contribution in [0.3, 0.4) is 0 Å². The van der Waals surface area contributed by atoms with Crippen molar-refractivity contribution in [3.05, 3.63) is 59.7 Å². The number of amides is 2. The number of rotatable bonds is 4. The summed E-state index contributed by atoms with van der Waals surface area (Å²) in [6, 6.07) is 7.68. The third kappa shape index (κ3) is 4.23. The van der Waals surface area contributed by atoms with E-state index in [0.717, 1.165) is 23.5 Å². The SMILES string of the molecule is O=C(c1cnccn1)N1CC(=O)N2[C@H](CO)[C@H](c3ccc(C#CCC4CCCC4)cc3)[C@@H]2C1. The number of carbonyl (C=O) groups excluding carboxylic acids is 2. The highest BCUT2D eigenvalue weighted by Crippen LogP contribution is 2.43. The minimum atomic E-state index is -0.296. The number of hydrogen-bond donors (Lipinski definition) is 1. The molecule has 3 aliphatic rings. The predicted molar refractivity (Wildman–Crippen MR) is 122 cm³/mol. The number of aliphatic hydroxyl groups is 1. The molecule has 2 saturated heterocycles. The molecule has 0 radical (unpaired) electrons. The van der Waals surface area contributed by atoms with E-state index in [2.05, 4.69) is 21.8 Å². The first kappa shape index (κ1) is 21.6. The average molecular weight is 445 g/mol. The van der Waals surface area contributed by atoms with E-state index >= 15 is 0 Å². The summed E-state index contributed by atoms with van der Waals surface area (Å²) in [7, 11) is 0. The van der Waals surface area contributed by atoms with E-state index < -0.39 is 0 Å². The predicted octanol–water partition coefficient (Wildman–Crippen LogP) is 2.22. The summed E-state index contributed by atoms with van der Waals surface area (Å²) in [5.41, 5.74) is 2.26. The Morgan fingerprint density at radius 2 is 1.94 bits per heavy atom. The molecule has 7 nitrogen and oxygen atoms in total. The second-order valence-electron chi connectivity index (χ2n) is 9.20. The number of fused-ring (bicyclic) bond motifs is 1. The van der Waals surface area contributed by atoms with Crippen LogP contribution in [0.4, 0.5) is 0 Å². The average Bonchev–Trinajstić information content (AvgIpc) is 3.35. The quantitative estimate of drug-likeness (QED) is 0.731. The Labute approximate surface area is 193 Å². The summed E-state index contributed by atoms with van der Waals surface area (Å²) >= 11 is 0. The van der Waals surface area contributed by atoms with E-state index in [4.69, 9.17) is 0 Å². The standard InChI is InChI=1S/C26H28N4O3/c31-17-23-25(20-10-8-19(9-11-20)7-3-6-18-4-1-2-5-18)22-15-29(16-24(32)30(22)23)26(33)21-14-27-12-13-28-21/h8-14,18,22-23,25,31H,1-2,4-6,15-17H2/t22-,23+,25+/m0/s1. The second-order valence-corrected chi connectivity index (χ2v) is 9.20. The molecule has 1 aliphatic carbocycles. The lowest BCUT2D eigenvalue weighted by atomic mass is 9.73. The number of hydrogen-bond acceptors (Lipinski definition) is 5. The van der Waals surface area contributed by atoms with E-state index in [1.165, 1.54) is 49.2 Å². The van der Waals surface area contributed by atoms with Crippen LogP contribution in [-0.2, 0) is 4.79 Å². The van der Waals surface area contributed by atoms with E-state index in [1.807, 2.05) is 24.3 Å². The van der Waals surface area contributed by atoms with Gasteiger partial charge in [0.25, 0.3) is 5.91 Å². The van der Waals surface area contributed by atoms with Gasteiger partial charge in [0.15, 0.2) is 0 Å². The molecule has 1 aromatic carbocycles. The van der Waals surface area contributed by atoms with Gasteiger partial charge in [-0.05, 0) is 36.5 Å². The number of carbonyl (C=O) groups is 2. The lowest BCUT2D eigenvalue weighted by Gasteiger charge is -2.58. The largest absolute Gasteiger partial charge is 0.394 e. The van der Waals surface area contributed by atoms with E-state index in [0.29, 0.717) is 6.54 Å². The normalized spacial score (nSPS) is 24.6. The number of piperazine rings is 1. The van der Waals surface area contributed by atoms with Gasteiger partial charge >= 0.3 is 0 Å². The first-order valence-corrected chi connectivity index (χ1v) is 11.7. The van der Waals surface area contributed by atoms with Crippen LogP contribution in [0.2, 0.25) is 0 Å². The Hall–Kier alpha value is -3.24. The summed E-state index contributed by atoms with van der Waals surface area (Å²) in [6.07, 6.45) is 10.6. The molecule has 1 aromatic heterocycles. The van der Waals surface area contributed by atoms with Crippen molar-refractivity contribution in [1.29, 1.82) is 0 Å². The lowest BCUT2D eigenvalue weighted by Crippen LogP contribution is -2.73. The maximum Gasteiger partial charge on any atom is 0.274 e. The van der Waals surface area contributed by atoms with Crippen LogP contribution in [0, 0.1) is 17.8 Å². The van der Waals surface area contributed by atoms with Crippen molar-refractivity contribution in [1.82, 2.24) is 19.8 Å². The van der Waals surface area contributed by atoms with Crippen LogP contribution in [-0.4, -0.2) is 68.5 Å². The molecule has 7 heteroatoms. The van der Waals surface area contributed by atoms with Gasteiger partial charge in [-0.25, -0.2) is 4.98 Å². The smallest absolute Gasteiger partial charge is 0.274 e. The zero-order valence-electron chi connectivity index (χ0n) is 18.6. The molecule has 2 aromatic rings. The number of aliphatic hydroxyl groups excluding tert-OH is 1. The molecular formula is C26H28N4O3. The van der Waals surface area contributed by atoms with E-state index in [1.54, 1.807) is 4.90 Å². The third-order valence-electron chi connectivity index (χ3n) is 7.22. The third-order valence-corrected chi connectivity index (χ3v) is 7.22. The fraction of sp³-hybridized carbons (Fsp3) is 0.462. The molecule has 0 bridgehead atoms. The van der Waals surface area contributed by atoms with Crippen molar-refractivity contribution in [2.24, 2.45) is 5.92 Å². The van der Waals surface area contributed by atoms with Gasteiger partial charge in [0.2, 0.25) is 5.91 Å². The fourth-order valence-electron chi connectivity index (χ4n) is 5.53. The van der Waals surface area contributed by atoms with Gasteiger partial charge < -0.3 is 14.9 Å². The Balaban J connectivity index is 1.30. The van der Waals surface area contributed by atoms with Crippen LogP contribution in [0.1, 0.15) is 59.6 Å². The molecule has 3 atom stereocenters. The molecule has 2 amide bonds. The van der Waals surface area contributed by atoms with Gasteiger partial charge in [-0.15, -0.1) is 0 Å². The highest BCUT2D eigenvalue weighted by molar-refractivity contribution is 5.96. The Morgan fingerprint density at radius 1 is 1.15 bits per heavy atom. The van der Waals surface area contributed by atoms with Gasteiger partial charge in [0.1, 0.15) is 12.2 Å². The monoisotopic (exact) mass is 444 g/mol. The first-order valence-electron chi connectivity index (χ1n) is 11.7. The molecule has 5 rings (SSSR count). The summed E-state index contributed by atoms with van der Waals surface area (Å²) in [5.74, 6) is 6.88. The highest BCUT2D eigenvalue weighted by Gasteiger charge is 2.54. The first-order chi connectivity index (χ1) is 16.2. The molecule has 170 valence electrons. The van der Waals surface area contributed by atoms with Crippen molar-refractivity contribution < 1.29 is 14.7 Å². The molecule has 3 heterocycles. The molecule has 2 aliphatic heterocycles. The van der Waals surface area contributed by atoms with E-state index in [-0.39, 0.29) is 48.7 Å². The van der Waals surface area contributed by atoms with E-state index in [9.17, 15) is 14.7 Å². The lowest BCUT2D eigenvalue weighted by molar-refractivity contribution is -0.159. The van der Waals surface area contributed by atoms with Gasteiger partial charge in [-0.1, -0.05) is 36.8 Å². The van der Waals surface area contributed by atoms with Crippen LogP contribution in [0.15, 0.2) is 42.9 Å². The topological polar surface area (TPSA) is 86.6 Å². The van der Waals surface area contributed by atoms with Crippen molar-refractivity contribution in [3.63, 3.8) is 0 Å². The molecule has 1 N–H and O–H groups in total. The van der Waals surface area contributed by atoms with Crippen LogP contribution in [0.5, 0.6) is 0 Å². The number of benzene rings is 1. The van der Waals surface area contributed by atoms with Crippen LogP contribution < -0.4 is 0 Å². The van der Waals surface area contributed by atoms with Crippen LogP contribution in [0.25, 0.3) is 0 Å². The minimum absolute atomic E-state index is 0.00928. The highest BCUT2D eigenvalue weighted by atomic mass is 16.3. The van der Waals surface area contributed by atoms with Crippen molar-refractivity contribution >= 4 is 11.8 Å². The molecule has 0 unspecified atom stereocenters. The van der Waals surface area contributed by atoms with Gasteiger partial charge in [0, 0.05) is 36.8 Å². The second kappa shape index (κ2) is 9.32. The van der Waals surface area contributed by atoms with Crippen molar-refractivity contribution in [3.8, 4) is 11.8 Å². The maximum atomic E-state index is 12.8. The van der Waals surface area contributed by atoms with Gasteiger partial charge in [0.05, 0.1) is 24.9 Å². The summed E-state index contributed by atoms with van der Waals surface area (Å²) in [4.78, 5) is 37.0. The Kier molecular flexibility index (Phi) is 6.10. The summed E-state index contributed by atoms with van der Waals surface area (Å²) < 4.78 is 0. The van der Waals surface area contributed by atoms with Gasteiger partial charge in [-0.2, -0.15) is 0 Å². The van der Waals surface area contributed by atoms with Crippen molar-refractivity contribution in [2.45, 2.75) is 50.1 Å². The minimum Gasteiger partial charge on any atom is -0.394 e. The van der Waals surface area contributed by atoms with Gasteiger partial charge in [-0.3, -0.25) is 14.6 Å². The summed E-state index contributed by atoms with van der Waals surface area (Å²) in [5, 5.41) is 9.99. The Morgan fingerprint density at radius 3 is 2.64 bits per heavy atom. The molecule has 33 heavy (non-hydrogen) atoms. The fourth-order valence-corrected chi connectivity index (χ4v) is 5.53. The Bertz CT molecular complexity index is 1070. The van der Waals surface area contributed by atoms with Crippen molar-refractivity contribution in [2.75, 3.05) is 19.7 Å². The molecular weight excluding hydrogens is 416 g/mol. The maximum absolute atomic E-state index is 12.8. The zero-order chi connectivity index (χ0) is 22.8. The number of aromatic nitrogens is 2. The molecule has 3 fully saturated rings. The molecule has 1 saturated carbocycles. The molecule has 0 spiro atoms. The zero-order valence-corrected chi connectivity index (χ0v) is 18.6.